The van der Waals surface area contributed by atoms with Crippen molar-refractivity contribution in [2.75, 3.05) is 7.05 Å². The SMILES string of the molecule is CN(N)P(=S)(Oc1ccc(P(c2ccccc2)c2ccccc2)cc1)Oc1ccc(P(c2ccccc2)c2ccccc2)cc1. The first-order chi connectivity index (χ1) is 22.0. The number of nitrogens with zero attached hydrogens (tertiary/aromatic N) is 1. The largest absolute Gasteiger partial charge is 0.424 e. The molecule has 0 heterocycles. The molecule has 0 unspecified atom stereocenters. The molecule has 6 rings (SSSR count). The van der Waals surface area contributed by atoms with Crippen molar-refractivity contribution in [2.45, 2.75) is 0 Å². The zero-order chi connectivity index (χ0) is 31.1. The fourth-order valence-corrected chi connectivity index (χ4v) is 11.1. The minimum absolute atomic E-state index is 0.615. The van der Waals surface area contributed by atoms with E-state index in [9.17, 15) is 0 Å². The van der Waals surface area contributed by atoms with Gasteiger partial charge in [-0.05, 0) is 71.9 Å². The second-order valence-electron chi connectivity index (χ2n) is 10.2. The number of rotatable bonds is 11. The van der Waals surface area contributed by atoms with Crippen LogP contribution in [0.25, 0.3) is 0 Å². The van der Waals surface area contributed by atoms with Gasteiger partial charge in [0.1, 0.15) is 11.5 Å². The minimum atomic E-state index is -3.09. The van der Waals surface area contributed by atoms with E-state index >= 15 is 0 Å². The van der Waals surface area contributed by atoms with Crippen LogP contribution in [0.15, 0.2) is 170 Å². The Morgan fingerprint density at radius 3 is 0.933 bits per heavy atom. The molecule has 0 aliphatic heterocycles. The molecule has 0 amide bonds. The number of hydrazine groups is 1. The van der Waals surface area contributed by atoms with E-state index in [1.165, 1.54) is 36.6 Å². The van der Waals surface area contributed by atoms with Gasteiger partial charge in [-0.15, -0.1) is 0 Å². The second kappa shape index (κ2) is 14.6. The lowest BCUT2D eigenvalue weighted by molar-refractivity contribution is 0.393. The summed E-state index contributed by atoms with van der Waals surface area (Å²) in [6.07, 6.45) is 0. The average molecular weight is 663 g/mol. The quantitative estimate of drug-likeness (QED) is 0.0953. The molecule has 0 saturated carbocycles. The Bertz CT molecular complexity index is 1630. The summed E-state index contributed by atoms with van der Waals surface area (Å²) in [4.78, 5) is 0. The van der Waals surface area contributed by atoms with Crippen LogP contribution in [0.1, 0.15) is 0 Å². The van der Waals surface area contributed by atoms with E-state index in [1.807, 2.05) is 24.3 Å². The van der Waals surface area contributed by atoms with Crippen LogP contribution in [-0.4, -0.2) is 11.8 Å². The maximum atomic E-state index is 6.35. The highest BCUT2D eigenvalue weighted by Crippen LogP contribution is 2.50. The van der Waals surface area contributed by atoms with Gasteiger partial charge in [-0.3, -0.25) is 5.84 Å². The Hall–Kier alpha value is -3.65. The number of hydrogen-bond donors (Lipinski definition) is 1. The molecule has 2 N–H and O–H groups in total. The molecule has 0 bridgehead atoms. The van der Waals surface area contributed by atoms with Crippen molar-refractivity contribution in [2.24, 2.45) is 5.84 Å². The van der Waals surface area contributed by atoms with Crippen molar-refractivity contribution in [1.29, 1.82) is 0 Å². The van der Waals surface area contributed by atoms with E-state index in [4.69, 9.17) is 26.7 Å². The van der Waals surface area contributed by atoms with Crippen molar-refractivity contribution in [3.05, 3.63) is 170 Å². The molecule has 6 aromatic carbocycles. The van der Waals surface area contributed by atoms with Gasteiger partial charge < -0.3 is 9.05 Å². The highest BCUT2D eigenvalue weighted by Gasteiger charge is 2.28. The Balaban J connectivity index is 1.23. The molecule has 0 fully saturated rings. The third-order valence-electron chi connectivity index (χ3n) is 7.08. The van der Waals surface area contributed by atoms with Gasteiger partial charge in [-0.1, -0.05) is 146 Å². The number of benzene rings is 6. The number of nitrogens with two attached hydrogens (primary N) is 1. The van der Waals surface area contributed by atoms with Gasteiger partial charge in [0, 0.05) is 18.9 Å². The Morgan fingerprint density at radius 1 is 0.444 bits per heavy atom. The average Bonchev–Trinajstić information content (AvgIpc) is 3.08. The van der Waals surface area contributed by atoms with E-state index in [2.05, 4.69) is 146 Å². The molecule has 0 aromatic heterocycles. The molecule has 0 spiro atoms. The van der Waals surface area contributed by atoms with E-state index in [1.54, 1.807) is 7.05 Å². The van der Waals surface area contributed by atoms with Crippen LogP contribution in [0.5, 0.6) is 11.5 Å². The molecule has 0 radical (unpaired) electrons. The van der Waals surface area contributed by atoms with Crippen LogP contribution < -0.4 is 46.7 Å². The second-order valence-corrected chi connectivity index (χ2v) is 18.0. The predicted molar refractivity (Wildman–Crippen MR) is 198 cm³/mol. The van der Waals surface area contributed by atoms with Crippen molar-refractivity contribution in [1.82, 2.24) is 4.78 Å². The normalized spacial score (nSPS) is 11.6. The maximum Gasteiger partial charge on any atom is 0.381 e. The summed E-state index contributed by atoms with van der Waals surface area (Å²) in [7, 11) is 0.245. The Morgan fingerprint density at radius 2 is 0.689 bits per heavy atom. The highest BCUT2D eigenvalue weighted by atomic mass is 32.5. The topological polar surface area (TPSA) is 47.7 Å². The highest BCUT2D eigenvalue weighted by molar-refractivity contribution is 8.09. The molecule has 224 valence electrons. The molecule has 4 nitrogen and oxygen atoms in total. The van der Waals surface area contributed by atoms with Gasteiger partial charge in [-0.2, -0.15) is 4.78 Å². The smallest absolute Gasteiger partial charge is 0.381 e. The lowest BCUT2D eigenvalue weighted by Gasteiger charge is -2.28. The van der Waals surface area contributed by atoms with Gasteiger partial charge in [0.25, 0.3) is 0 Å². The summed E-state index contributed by atoms with van der Waals surface area (Å²) in [5.74, 6) is 7.49. The van der Waals surface area contributed by atoms with Gasteiger partial charge >= 0.3 is 6.64 Å². The first-order valence-electron chi connectivity index (χ1n) is 14.5. The van der Waals surface area contributed by atoms with Crippen LogP contribution in [0.4, 0.5) is 0 Å². The van der Waals surface area contributed by atoms with Crippen molar-refractivity contribution in [3.63, 3.8) is 0 Å². The molecule has 0 saturated heterocycles. The Labute approximate surface area is 273 Å². The molecule has 0 aliphatic rings. The summed E-state index contributed by atoms with van der Waals surface area (Å²) in [5, 5.41) is 7.58. The van der Waals surface area contributed by atoms with Gasteiger partial charge in [0.2, 0.25) is 0 Å². The Kier molecular flexibility index (Phi) is 10.2. The molecule has 6 aromatic rings. The first-order valence-corrected chi connectivity index (χ1v) is 19.8. The third-order valence-corrected chi connectivity index (χ3v) is 14.8. The lowest BCUT2D eigenvalue weighted by Crippen LogP contribution is -2.28. The van der Waals surface area contributed by atoms with E-state index < -0.39 is 22.5 Å². The lowest BCUT2D eigenvalue weighted by atomic mass is 10.3. The van der Waals surface area contributed by atoms with Gasteiger partial charge in [0.15, 0.2) is 0 Å². The maximum absolute atomic E-state index is 6.35. The van der Waals surface area contributed by atoms with Crippen molar-refractivity contribution >= 4 is 66.1 Å². The van der Waals surface area contributed by atoms with Crippen LogP contribution in [0, 0.1) is 0 Å². The predicted octanol–water partition coefficient (Wildman–Crippen LogP) is 6.69. The summed E-state index contributed by atoms with van der Waals surface area (Å²) >= 11 is 5.94. The first kappa shape index (κ1) is 31.3. The third kappa shape index (κ3) is 7.60. The molecule has 45 heavy (non-hydrogen) atoms. The summed E-state index contributed by atoms with van der Waals surface area (Å²) in [6.45, 7) is -3.09. The van der Waals surface area contributed by atoms with E-state index in [-0.39, 0.29) is 0 Å². The minimum Gasteiger partial charge on any atom is -0.424 e. The fraction of sp³-hybridized carbons (Fsp3) is 0.0270. The van der Waals surface area contributed by atoms with Gasteiger partial charge in [0.05, 0.1) is 0 Å². The molecule has 0 atom stereocenters. The van der Waals surface area contributed by atoms with Crippen LogP contribution >= 0.6 is 22.5 Å². The summed E-state index contributed by atoms with van der Waals surface area (Å²) in [6, 6.07) is 58.7. The van der Waals surface area contributed by atoms with Crippen LogP contribution in [0.3, 0.4) is 0 Å². The van der Waals surface area contributed by atoms with Crippen LogP contribution in [0.2, 0.25) is 0 Å². The summed E-state index contributed by atoms with van der Waals surface area (Å²) < 4.78 is 14.1. The molecule has 0 aliphatic carbocycles. The molecule has 8 heteroatoms. The number of hydrogen-bond acceptors (Lipinski definition) is 4. The molecular formula is C37H33N2O2P3S. The van der Waals surface area contributed by atoms with E-state index in [0.29, 0.717) is 11.5 Å². The standard InChI is InChI=1S/C37H33N2O2P3S/c1-39(38)44(45,40-30-22-26-36(27-23-30)42(32-14-6-2-7-15-32)33-16-8-3-9-17-33)41-31-24-28-37(29-25-31)43(34-18-10-4-11-19-34)35-20-12-5-13-21-35/h2-29H,38H2,1H3. The summed E-state index contributed by atoms with van der Waals surface area (Å²) in [5.41, 5.74) is 0. The molecular weight excluding hydrogens is 629 g/mol. The fourth-order valence-electron chi connectivity index (χ4n) is 4.93. The van der Waals surface area contributed by atoms with Gasteiger partial charge in [-0.25, -0.2) is 0 Å². The monoisotopic (exact) mass is 662 g/mol. The zero-order valence-electron chi connectivity index (χ0n) is 24.8. The zero-order valence-corrected chi connectivity index (χ0v) is 28.3. The van der Waals surface area contributed by atoms with Crippen molar-refractivity contribution in [3.8, 4) is 11.5 Å². The van der Waals surface area contributed by atoms with Crippen LogP contribution in [-0.2, 0) is 11.8 Å². The van der Waals surface area contributed by atoms with E-state index in [0.717, 1.165) is 0 Å². The van der Waals surface area contributed by atoms with Crippen molar-refractivity contribution < 1.29 is 9.05 Å².